The highest BCUT2D eigenvalue weighted by atomic mass is 35.5. The standard InChI is InChI=1S/C19H16Cl2N4OS/c1-12-10-17(24-25-18(26)13-6-3-2-4-7-13)23-19(22-12)27-11-14-15(20)8-5-9-16(14)21/h2-10H,11H2,1H3,(H,25,26)(H,22,23,24). The van der Waals surface area contributed by atoms with Crippen molar-refractivity contribution in [3.8, 4) is 0 Å². The fourth-order valence-corrected chi connectivity index (χ4v) is 3.90. The summed E-state index contributed by atoms with van der Waals surface area (Å²) in [6.07, 6.45) is 0. The van der Waals surface area contributed by atoms with Crippen LogP contribution in [0.15, 0.2) is 59.8 Å². The second-order valence-electron chi connectivity index (χ2n) is 5.61. The minimum Gasteiger partial charge on any atom is -0.281 e. The molecule has 138 valence electrons. The fourth-order valence-electron chi connectivity index (χ4n) is 2.26. The normalized spacial score (nSPS) is 10.5. The summed E-state index contributed by atoms with van der Waals surface area (Å²) in [5, 5.41) is 1.77. The van der Waals surface area contributed by atoms with E-state index < -0.39 is 0 Å². The number of carbonyl (C=O) groups is 1. The quantitative estimate of drug-likeness (QED) is 0.329. The van der Waals surface area contributed by atoms with Gasteiger partial charge in [0, 0.05) is 33.1 Å². The van der Waals surface area contributed by atoms with Gasteiger partial charge in [0.15, 0.2) is 5.16 Å². The highest BCUT2D eigenvalue weighted by Crippen LogP contribution is 2.30. The Morgan fingerprint density at radius 1 is 1.04 bits per heavy atom. The molecule has 0 fully saturated rings. The number of aromatic nitrogens is 2. The molecular formula is C19H16Cl2N4OS. The van der Waals surface area contributed by atoms with Crippen LogP contribution in [0, 0.1) is 6.92 Å². The van der Waals surface area contributed by atoms with E-state index in [0.717, 1.165) is 11.3 Å². The lowest BCUT2D eigenvalue weighted by Gasteiger charge is -2.10. The van der Waals surface area contributed by atoms with E-state index >= 15 is 0 Å². The zero-order valence-corrected chi connectivity index (χ0v) is 16.7. The maximum atomic E-state index is 12.1. The third kappa shape index (κ3) is 5.35. The first-order chi connectivity index (χ1) is 13.0. The number of aryl methyl sites for hydroxylation is 1. The van der Waals surface area contributed by atoms with E-state index in [0.29, 0.717) is 32.3 Å². The Morgan fingerprint density at radius 3 is 2.44 bits per heavy atom. The van der Waals surface area contributed by atoms with Gasteiger partial charge in [-0.1, -0.05) is 59.2 Å². The van der Waals surface area contributed by atoms with Crippen LogP contribution in [-0.4, -0.2) is 15.9 Å². The lowest BCUT2D eigenvalue weighted by Crippen LogP contribution is -2.29. The smallest absolute Gasteiger partial charge is 0.269 e. The van der Waals surface area contributed by atoms with Crippen LogP contribution in [0.1, 0.15) is 21.6 Å². The van der Waals surface area contributed by atoms with Gasteiger partial charge in [0.1, 0.15) is 5.82 Å². The Morgan fingerprint density at radius 2 is 1.74 bits per heavy atom. The number of nitrogens with zero attached hydrogens (tertiary/aromatic N) is 2. The number of hydrogen-bond acceptors (Lipinski definition) is 5. The summed E-state index contributed by atoms with van der Waals surface area (Å²) in [7, 11) is 0. The number of amides is 1. The van der Waals surface area contributed by atoms with E-state index in [-0.39, 0.29) is 5.91 Å². The van der Waals surface area contributed by atoms with Gasteiger partial charge in [-0.25, -0.2) is 9.97 Å². The lowest BCUT2D eigenvalue weighted by molar-refractivity contribution is 0.0962. The van der Waals surface area contributed by atoms with Gasteiger partial charge < -0.3 is 0 Å². The molecule has 1 aromatic heterocycles. The molecule has 0 aliphatic rings. The molecule has 2 N–H and O–H groups in total. The van der Waals surface area contributed by atoms with E-state index in [1.165, 1.54) is 11.8 Å². The molecule has 0 bridgehead atoms. The van der Waals surface area contributed by atoms with E-state index in [1.807, 2.05) is 13.0 Å². The molecule has 0 atom stereocenters. The van der Waals surface area contributed by atoms with Crippen LogP contribution < -0.4 is 10.9 Å². The molecule has 3 aromatic rings. The van der Waals surface area contributed by atoms with Crippen molar-refractivity contribution >= 4 is 46.7 Å². The van der Waals surface area contributed by atoms with E-state index in [9.17, 15) is 4.79 Å². The lowest BCUT2D eigenvalue weighted by atomic mass is 10.2. The van der Waals surface area contributed by atoms with Crippen LogP contribution in [0.2, 0.25) is 10.0 Å². The predicted molar refractivity (Wildman–Crippen MR) is 110 cm³/mol. The van der Waals surface area contributed by atoms with Gasteiger partial charge in [0.05, 0.1) is 0 Å². The van der Waals surface area contributed by atoms with E-state index in [2.05, 4.69) is 20.8 Å². The minimum atomic E-state index is -0.246. The van der Waals surface area contributed by atoms with Crippen molar-refractivity contribution in [2.45, 2.75) is 17.8 Å². The molecule has 5 nitrogen and oxygen atoms in total. The maximum Gasteiger partial charge on any atom is 0.269 e. The summed E-state index contributed by atoms with van der Waals surface area (Å²) in [6.45, 7) is 1.86. The molecular weight excluding hydrogens is 403 g/mol. The molecule has 27 heavy (non-hydrogen) atoms. The summed E-state index contributed by atoms with van der Waals surface area (Å²) in [6, 6.07) is 16.1. The third-order valence-electron chi connectivity index (χ3n) is 3.58. The largest absolute Gasteiger partial charge is 0.281 e. The van der Waals surface area contributed by atoms with Gasteiger partial charge in [-0.15, -0.1) is 0 Å². The Bertz CT molecular complexity index is 933. The summed E-state index contributed by atoms with van der Waals surface area (Å²) in [4.78, 5) is 20.9. The Balaban J connectivity index is 1.66. The average molecular weight is 419 g/mol. The third-order valence-corrected chi connectivity index (χ3v) is 5.16. The molecule has 1 amide bonds. The first-order valence-corrected chi connectivity index (χ1v) is 9.80. The van der Waals surface area contributed by atoms with Crippen molar-refractivity contribution < 1.29 is 4.79 Å². The maximum absolute atomic E-state index is 12.1. The number of hydrazine groups is 1. The first-order valence-electron chi connectivity index (χ1n) is 8.05. The van der Waals surface area contributed by atoms with E-state index in [1.54, 1.807) is 48.5 Å². The molecule has 0 saturated carbocycles. The molecule has 0 saturated heterocycles. The van der Waals surface area contributed by atoms with Crippen molar-refractivity contribution in [1.82, 2.24) is 15.4 Å². The molecule has 0 spiro atoms. The van der Waals surface area contributed by atoms with Crippen LogP contribution in [0.3, 0.4) is 0 Å². The topological polar surface area (TPSA) is 66.9 Å². The number of anilines is 1. The fraction of sp³-hybridized carbons (Fsp3) is 0.105. The molecule has 1 heterocycles. The zero-order valence-electron chi connectivity index (χ0n) is 14.4. The molecule has 2 aromatic carbocycles. The van der Waals surface area contributed by atoms with Crippen LogP contribution in [-0.2, 0) is 5.75 Å². The number of nitrogens with one attached hydrogen (secondary N) is 2. The number of benzene rings is 2. The number of rotatable bonds is 6. The number of halogens is 2. The number of thioether (sulfide) groups is 1. The minimum absolute atomic E-state index is 0.246. The van der Waals surface area contributed by atoms with Gasteiger partial charge in [-0.3, -0.25) is 15.6 Å². The van der Waals surface area contributed by atoms with E-state index in [4.69, 9.17) is 23.2 Å². The predicted octanol–water partition coefficient (Wildman–Crippen LogP) is 5.14. The van der Waals surface area contributed by atoms with Crippen LogP contribution in [0.25, 0.3) is 0 Å². The van der Waals surface area contributed by atoms with Crippen molar-refractivity contribution in [2.75, 3.05) is 5.43 Å². The molecule has 3 rings (SSSR count). The summed E-state index contributed by atoms with van der Waals surface area (Å²) in [5.74, 6) is 0.793. The van der Waals surface area contributed by atoms with Gasteiger partial charge >= 0.3 is 0 Å². The van der Waals surface area contributed by atoms with Crippen LogP contribution in [0.4, 0.5) is 5.82 Å². The second kappa shape index (κ2) is 9.08. The average Bonchev–Trinajstić information content (AvgIpc) is 2.66. The number of carbonyl (C=O) groups excluding carboxylic acids is 1. The van der Waals surface area contributed by atoms with Crippen molar-refractivity contribution in [2.24, 2.45) is 0 Å². The molecule has 0 aliphatic heterocycles. The van der Waals surface area contributed by atoms with Gasteiger partial charge in [-0.05, 0) is 36.8 Å². The number of hydrogen-bond donors (Lipinski definition) is 2. The summed E-state index contributed by atoms with van der Waals surface area (Å²) in [5.41, 5.74) is 7.62. The van der Waals surface area contributed by atoms with Crippen LogP contribution in [0.5, 0.6) is 0 Å². The molecule has 0 aliphatic carbocycles. The van der Waals surface area contributed by atoms with Crippen molar-refractivity contribution in [3.05, 3.63) is 81.5 Å². The highest BCUT2D eigenvalue weighted by Gasteiger charge is 2.10. The van der Waals surface area contributed by atoms with Crippen LogP contribution >= 0.6 is 35.0 Å². The molecule has 0 radical (unpaired) electrons. The van der Waals surface area contributed by atoms with Crippen molar-refractivity contribution in [1.29, 1.82) is 0 Å². The molecule has 8 heteroatoms. The molecule has 0 unspecified atom stereocenters. The Hall–Kier alpha value is -2.28. The Labute approximate surface area is 171 Å². The second-order valence-corrected chi connectivity index (χ2v) is 7.37. The summed E-state index contributed by atoms with van der Waals surface area (Å²) < 4.78 is 0. The highest BCUT2D eigenvalue weighted by molar-refractivity contribution is 7.98. The first kappa shape index (κ1) is 19.5. The monoisotopic (exact) mass is 418 g/mol. The van der Waals surface area contributed by atoms with Gasteiger partial charge in [-0.2, -0.15) is 0 Å². The summed E-state index contributed by atoms with van der Waals surface area (Å²) >= 11 is 13.8. The van der Waals surface area contributed by atoms with Gasteiger partial charge in [0.25, 0.3) is 5.91 Å². The SMILES string of the molecule is Cc1cc(NNC(=O)c2ccccc2)nc(SCc2c(Cl)cccc2Cl)n1. The van der Waals surface area contributed by atoms with Gasteiger partial charge in [0.2, 0.25) is 0 Å². The zero-order chi connectivity index (χ0) is 19.2. The van der Waals surface area contributed by atoms with Crippen molar-refractivity contribution in [3.63, 3.8) is 0 Å². The Kier molecular flexibility index (Phi) is 6.55.